The van der Waals surface area contributed by atoms with Crippen molar-refractivity contribution in [1.29, 1.82) is 0 Å². The second-order valence-electron chi connectivity index (χ2n) is 5.56. The Hall–Kier alpha value is -0.920. The highest BCUT2D eigenvalue weighted by molar-refractivity contribution is 7.89. The van der Waals surface area contributed by atoms with Crippen LogP contribution in [0, 0.1) is 13.8 Å². The maximum absolute atomic E-state index is 13.0. The molecule has 0 N–H and O–H groups in total. The highest BCUT2D eigenvalue weighted by Gasteiger charge is 2.44. The predicted octanol–water partition coefficient (Wildman–Crippen LogP) is 1.62. The van der Waals surface area contributed by atoms with Crippen molar-refractivity contribution < 1.29 is 17.7 Å². The summed E-state index contributed by atoms with van der Waals surface area (Å²) in [4.78, 5) is 0.246. The fraction of sp³-hybridized carbons (Fsp3) is 0.769. The molecule has 112 valence electrons. The van der Waals surface area contributed by atoms with Gasteiger partial charge in [0.05, 0.1) is 0 Å². The van der Waals surface area contributed by atoms with Crippen LogP contribution < -0.4 is 0 Å². The number of hydrogen-bond acceptors (Lipinski definition) is 5. The second kappa shape index (κ2) is 5.13. The highest BCUT2D eigenvalue weighted by Crippen LogP contribution is 2.37. The molecule has 2 fully saturated rings. The van der Waals surface area contributed by atoms with Crippen LogP contribution in [0.25, 0.3) is 0 Å². The molecule has 0 aromatic carbocycles. The van der Waals surface area contributed by atoms with Crippen molar-refractivity contribution in [1.82, 2.24) is 9.46 Å². The zero-order chi connectivity index (χ0) is 14.3. The molecular formula is C13H20N2O4S. The summed E-state index contributed by atoms with van der Waals surface area (Å²) in [5.74, 6) is 0.375. The number of rotatable bonds is 4. The molecule has 2 heterocycles. The van der Waals surface area contributed by atoms with E-state index >= 15 is 0 Å². The summed E-state index contributed by atoms with van der Waals surface area (Å²) in [5, 5.41) is 3.78. The van der Waals surface area contributed by atoms with E-state index < -0.39 is 10.0 Å². The molecule has 7 heteroatoms. The van der Waals surface area contributed by atoms with Crippen molar-refractivity contribution in [2.75, 3.05) is 13.2 Å². The molecule has 3 rings (SSSR count). The second-order valence-corrected chi connectivity index (χ2v) is 7.34. The normalized spacial score (nSPS) is 21.6. The summed E-state index contributed by atoms with van der Waals surface area (Å²) in [5.41, 5.74) is 0.445. The van der Waals surface area contributed by atoms with E-state index in [-0.39, 0.29) is 17.0 Å². The minimum Gasteiger partial charge on any atom is -0.381 e. The van der Waals surface area contributed by atoms with E-state index in [0.29, 0.717) is 24.7 Å². The summed E-state index contributed by atoms with van der Waals surface area (Å²) in [6.07, 6.45) is 3.41. The van der Waals surface area contributed by atoms with E-state index in [1.54, 1.807) is 18.2 Å². The predicted molar refractivity (Wildman–Crippen MR) is 71.9 cm³/mol. The molecule has 0 spiro atoms. The molecule has 0 atom stereocenters. The molecule has 20 heavy (non-hydrogen) atoms. The van der Waals surface area contributed by atoms with Crippen LogP contribution in [0.1, 0.15) is 37.1 Å². The van der Waals surface area contributed by atoms with Gasteiger partial charge in [-0.2, -0.15) is 4.31 Å². The molecule has 0 radical (unpaired) electrons. The van der Waals surface area contributed by atoms with E-state index in [1.165, 1.54) is 0 Å². The molecule has 1 saturated heterocycles. The number of sulfonamides is 1. The number of ether oxygens (including phenoxy) is 1. The average molecular weight is 300 g/mol. The van der Waals surface area contributed by atoms with Crippen molar-refractivity contribution >= 4 is 10.0 Å². The standard InChI is InChI=1S/C13H20N2O4S/c1-9-13(10(2)19-14-9)20(16,17)15(11-3-4-11)12-5-7-18-8-6-12/h11-12H,3-8H2,1-2H3. The largest absolute Gasteiger partial charge is 0.381 e. The Morgan fingerprint density at radius 2 is 1.70 bits per heavy atom. The lowest BCUT2D eigenvalue weighted by molar-refractivity contribution is 0.0569. The molecule has 1 aromatic heterocycles. The third-order valence-corrected chi connectivity index (χ3v) is 6.21. The van der Waals surface area contributed by atoms with Gasteiger partial charge in [0, 0.05) is 25.3 Å². The van der Waals surface area contributed by atoms with Gasteiger partial charge >= 0.3 is 0 Å². The van der Waals surface area contributed by atoms with Gasteiger partial charge in [-0.15, -0.1) is 0 Å². The van der Waals surface area contributed by atoms with Crippen LogP contribution in [0.4, 0.5) is 0 Å². The first-order chi connectivity index (χ1) is 9.51. The molecule has 0 unspecified atom stereocenters. The SMILES string of the molecule is Cc1noc(C)c1S(=O)(=O)N(C1CCOCC1)C1CC1. The Bertz CT molecular complexity index is 566. The molecule has 1 saturated carbocycles. The molecule has 2 aliphatic rings. The van der Waals surface area contributed by atoms with Gasteiger partial charge in [0.15, 0.2) is 5.76 Å². The third-order valence-electron chi connectivity index (χ3n) is 3.96. The van der Waals surface area contributed by atoms with Gasteiger partial charge in [-0.25, -0.2) is 8.42 Å². The highest BCUT2D eigenvalue weighted by atomic mass is 32.2. The summed E-state index contributed by atoms with van der Waals surface area (Å²) in [7, 11) is -3.53. The van der Waals surface area contributed by atoms with Crippen molar-refractivity contribution in [3.8, 4) is 0 Å². The molecule has 6 nitrogen and oxygen atoms in total. The van der Waals surface area contributed by atoms with Crippen molar-refractivity contribution in [2.45, 2.75) is 56.5 Å². The molecule has 0 bridgehead atoms. The van der Waals surface area contributed by atoms with Crippen LogP contribution in [0.2, 0.25) is 0 Å². The van der Waals surface area contributed by atoms with Gasteiger partial charge in [0.25, 0.3) is 0 Å². The van der Waals surface area contributed by atoms with Crippen molar-refractivity contribution in [2.24, 2.45) is 0 Å². The van der Waals surface area contributed by atoms with Gasteiger partial charge in [0.2, 0.25) is 10.0 Å². The van der Waals surface area contributed by atoms with Crippen LogP contribution >= 0.6 is 0 Å². The summed E-state index contributed by atoms with van der Waals surface area (Å²) >= 11 is 0. The maximum Gasteiger partial charge on any atom is 0.248 e. The minimum atomic E-state index is -3.53. The van der Waals surface area contributed by atoms with E-state index in [2.05, 4.69) is 5.16 Å². The number of nitrogens with zero attached hydrogens (tertiary/aromatic N) is 2. The molecule has 0 amide bonds. The average Bonchev–Trinajstić information content (AvgIpc) is 3.16. The Morgan fingerprint density at radius 1 is 1.10 bits per heavy atom. The smallest absolute Gasteiger partial charge is 0.248 e. The van der Waals surface area contributed by atoms with Gasteiger partial charge in [-0.1, -0.05) is 5.16 Å². The first-order valence-corrected chi connectivity index (χ1v) is 8.50. The molecule has 1 aliphatic heterocycles. The Morgan fingerprint density at radius 3 is 2.20 bits per heavy atom. The minimum absolute atomic E-state index is 0.0370. The number of aromatic nitrogens is 1. The Kier molecular flexibility index (Phi) is 3.60. The lowest BCUT2D eigenvalue weighted by Gasteiger charge is -2.33. The van der Waals surface area contributed by atoms with E-state index in [9.17, 15) is 8.42 Å². The fourth-order valence-electron chi connectivity index (χ4n) is 2.91. The van der Waals surface area contributed by atoms with Crippen molar-refractivity contribution in [3.05, 3.63) is 11.5 Å². The zero-order valence-corrected chi connectivity index (χ0v) is 12.6. The van der Waals surface area contributed by atoms with E-state index in [0.717, 1.165) is 25.7 Å². The molecular weight excluding hydrogens is 280 g/mol. The van der Waals surface area contributed by atoms with Gasteiger partial charge < -0.3 is 9.26 Å². The number of hydrogen-bond donors (Lipinski definition) is 0. The number of aryl methyl sites for hydroxylation is 2. The summed E-state index contributed by atoms with van der Waals surface area (Å²) in [6, 6.07) is 0.173. The monoisotopic (exact) mass is 300 g/mol. The maximum atomic E-state index is 13.0. The lowest BCUT2D eigenvalue weighted by Crippen LogP contribution is -2.45. The van der Waals surface area contributed by atoms with Gasteiger partial charge in [-0.05, 0) is 39.5 Å². The quantitative estimate of drug-likeness (QED) is 0.845. The fourth-order valence-corrected chi connectivity index (χ4v) is 5.14. The van der Waals surface area contributed by atoms with Crippen LogP contribution in [0.15, 0.2) is 9.42 Å². The topological polar surface area (TPSA) is 72.6 Å². The Balaban J connectivity index is 1.98. The first kappa shape index (κ1) is 14.0. The summed E-state index contributed by atoms with van der Waals surface area (Å²) in [6.45, 7) is 4.59. The van der Waals surface area contributed by atoms with E-state index in [1.807, 2.05) is 0 Å². The first-order valence-electron chi connectivity index (χ1n) is 7.06. The Labute approximate surface area is 119 Å². The zero-order valence-electron chi connectivity index (χ0n) is 11.8. The van der Waals surface area contributed by atoms with Crippen LogP contribution in [0.5, 0.6) is 0 Å². The van der Waals surface area contributed by atoms with Crippen LogP contribution in [0.3, 0.4) is 0 Å². The molecule has 1 aliphatic carbocycles. The van der Waals surface area contributed by atoms with Crippen LogP contribution in [-0.4, -0.2) is 43.2 Å². The van der Waals surface area contributed by atoms with Gasteiger partial charge in [0.1, 0.15) is 10.6 Å². The van der Waals surface area contributed by atoms with Crippen LogP contribution in [-0.2, 0) is 14.8 Å². The molecule has 1 aromatic rings. The third kappa shape index (κ3) is 2.38. The summed E-state index contributed by atoms with van der Waals surface area (Å²) < 4.78 is 38.1. The van der Waals surface area contributed by atoms with Gasteiger partial charge in [-0.3, -0.25) is 0 Å². The lowest BCUT2D eigenvalue weighted by atomic mass is 10.1. The van der Waals surface area contributed by atoms with E-state index in [4.69, 9.17) is 9.26 Å². The van der Waals surface area contributed by atoms with Crippen molar-refractivity contribution in [3.63, 3.8) is 0 Å².